The Hall–Kier alpha value is -1.49. The second kappa shape index (κ2) is 5.03. The van der Waals surface area contributed by atoms with E-state index in [0.717, 1.165) is 11.5 Å². The molecule has 0 saturated carbocycles. The van der Waals surface area contributed by atoms with Gasteiger partial charge in [0.1, 0.15) is 11.5 Å². The van der Waals surface area contributed by atoms with E-state index in [1.807, 2.05) is 19.1 Å². The van der Waals surface area contributed by atoms with E-state index < -0.39 is 0 Å². The Morgan fingerprint density at radius 3 is 2.81 bits per heavy atom. The molecule has 1 aliphatic heterocycles. The lowest BCUT2D eigenvalue weighted by atomic mass is 10.4. The van der Waals surface area contributed by atoms with Crippen LogP contribution in [0.5, 0.6) is 0 Å². The maximum absolute atomic E-state index is 11.7. The van der Waals surface area contributed by atoms with Gasteiger partial charge in [0.25, 0.3) is 0 Å². The number of rotatable bonds is 2. The molecule has 0 unspecified atom stereocenters. The van der Waals surface area contributed by atoms with Crippen molar-refractivity contribution < 1.29 is 13.9 Å². The molecule has 0 radical (unpaired) electrons. The van der Waals surface area contributed by atoms with Crippen LogP contribution in [-0.4, -0.2) is 37.2 Å². The van der Waals surface area contributed by atoms with Crippen molar-refractivity contribution in [3.63, 3.8) is 0 Å². The SMILES string of the molecule is Cc1ccc(CNC(=O)N2CCOCC2)o1. The van der Waals surface area contributed by atoms with E-state index >= 15 is 0 Å². The van der Waals surface area contributed by atoms with Gasteiger partial charge in [0.2, 0.25) is 0 Å². The van der Waals surface area contributed by atoms with Gasteiger partial charge in [-0.05, 0) is 19.1 Å². The van der Waals surface area contributed by atoms with Crippen LogP contribution in [0.1, 0.15) is 11.5 Å². The van der Waals surface area contributed by atoms with Crippen LogP contribution in [0.15, 0.2) is 16.5 Å². The molecule has 2 heterocycles. The molecule has 2 rings (SSSR count). The third kappa shape index (κ3) is 2.76. The molecule has 2 amide bonds. The van der Waals surface area contributed by atoms with Crippen molar-refractivity contribution in [3.8, 4) is 0 Å². The fraction of sp³-hybridized carbons (Fsp3) is 0.545. The van der Waals surface area contributed by atoms with Crippen molar-refractivity contribution in [2.45, 2.75) is 13.5 Å². The molecule has 0 spiro atoms. The van der Waals surface area contributed by atoms with Gasteiger partial charge < -0.3 is 19.4 Å². The van der Waals surface area contributed by atoms with Gasteiger partial charge in [0.15, 0.2) is 0 Å². The lowest BCUT2D eigenvalue weighted by Crippen LogP contribution is -2.45. The van der Waals surface area contributed by atoms with E-state index in [9.17, 15) is 4.79 Å². The van der Waals surface area contributed by atoms with Crippen LogP contribution in [0.2, 0.25) is 0 Å². The molecule has 88 valence electrons. The first-order valence-corrected chi connectivity index (χ1v) is 5.41. The highest BCUT2D eigenvalue weighted by Gasteiger charge is 2.16. The number of hydrogen-bond donors (Lipinski definition) is 1. The average molecular weight is 224 g/mol. The minimum absolute atomic E-state index is 0.0580. The van der Waals surface area contributed by atoms with Crippen molar-refractivity contribution in [1.29, 1.82) is 0 Å². The number of aryl methyl sites for hydroxylation is 1. The van der Waals surface area contributed by atoms with Gasteiger partial charge >= 0.3 is 6.03 Å². The minimum Gasteiger partial charge on any atom is -0.465 e. The monoisotopic (exact) mass is 224 g/mol. The molecule has 0 aromatic carbocycles. The standard InChI is InChI=1S/C11H16N2O3/c1-9-2-3-10(16-9)8-12-11(14)13-4-6-15-7-5-13/h2-3H,4-8H2,1H3,(H,12,14). The molecular weight excluding hydrogens is 208 g/mol. The molecule has 1 aromatic rings. The van der Waals surface area contributed by atoms with E-state index in [0.29, 0.717) is 32.8 Å². The maximum atomic E-state index is 11.7. The van der Waals surface area contributed by atoms with Gasteiger partial charge in [0.05, 0.1) is 19.8 Å². The van der Waals surface area contributed by atoms with Crippen LogP contribution in [0, 0.1) is 6.92 Å². The third-order valence-electron chi connectivity index (χ3n) is 2.51. The largest absolute Gasteiger partial charge is 0.465 e. The second-order valence-corrected chi connectivity index (χ2v) is 3.77. The Kier molecular flexibility index (Phi) is 3.46. The van der Waals surface area contributed by atoms with Crippen LogP contribution >= 0.6 is 0 Å². The summed E-state index contributed by atoms with van der Waals surface area (Å²) in [7, 11) is 0. The van der Waals surface area contributed by atoms with Crippen molar-refractivity contribution in [2.75, 3.05) is 26.3 Å². The zero-order valence-corrected chi connectivity index (χ0v) is 9.36. The highest BCUT2D eigenvalue weighted by atomic mass is 16.5. The maximum Gasteiger partial charge on any atom is 0.317 e. The molecule has 1 aromatic heterocycles. The topological polar surface area (TPSA) is 54.7 Å². The summed E-state index contributed by atoms with van der Waals surface area (Å²) < 4.78 is 10.5. The number of furan rings is 1. The number of urea groups is 1. The quantitative estimate of drug-likeness (QED) is 0.819. The average Bonchev–Trinajstić information content (AvgIpc) is 2.73. The lowest BCUT2D eigenvalue weighted by Gasteiger charge is -2.26. The number of ether oxygens (including phenoxy) is 1. The van der Waals surface area contributed by atoms with Gasteiger partial charge in [-0.1, -0.05) is 0 Å². The summed E-state index contributed by atoms with van der Waals surface area (Å²) in [5, 5.41) is 2.82. The van der Waals surface area contributed by atoms with Crippen LogP contribution < -0.4 is 5.32 Å². The summed E-state index contributed by atoms with van der Waals surface area (Å²) in [6, 6.07) is 3.70. The van der Waals surface area contributed by atoms with E-state index in [-0.39, 0.29) is 6.03 Å². The van der Waals surface area contributed by atoms with Gasteiger partial charge in [-0.15, -0.1) is 0 Å². The number of morpholine rings is 1. The van der Waals surface area contributed by atoms with E-state index in [4.69, 9.17) is 9.15 Å². The molecular formula is C11H16N2O3. The normalized spacial score (nSPS) is 16.2. The number of carbonyl (C=O) groups is 1. The Balaban J connectivity index is 1.78. The number of amides is 2. The zero-order chi connectivity index (χ0) is 11.4. The first-order chi connectivity index (χ1) is 7.75. The Labute approximate surface area is 94.4 Å². The minimum atomic E-state index is -0.0580. The lowest BCUT2D eigenvalue weighted by molar-refractivity contribution is 0.0530. The summed E-state index contributed by atoms with van der Waals surface area (Å²) >= 11 is 0. The highest BCUT2D eigenvalue weighted by molar-refractivity contribution is 5.74. The number of hydrogen-bond acceptors (Lipinski definition) is 3. The summed E-state index contributed by atoms with van der Waals surface area (Å²) in [5.74, 6) is 1.63. The first-order valence-electron chi connectivity index (χ1n) is 5.41. The van der Waals surface area contributed by atoms with Crippen molar-refractivity contribution in [2.24, 2.45) is 0 Å². The number of carbonyl (C=O) groups excluding carboxylic acids is 1. The number of nitrogens with zero attached hydrogens (tertiary/aromatic N) is 1. The van der Waals surface area contributed by atoms with E-state index in [1.165, 1.54) is 0 Å². The summed E-state index contributed by atoms with van der Waals surface area (Å²) in [5.41, 5.74) is 0. The summed E-state index contributed by atoms with van der Waals surface area (Å²) in [6.07, 6.45) is 0. The number of nitrogens with one attached hydrogen (secondary N) is 1. The summed E-state index contributed by atoms with van der Waals surface area (Å²) in [6.45, 7) is 4.86. The van der Waals surface area contributed by atoms with Crippen LogP contribution in [0.4, 0.5) is 4.79 Å². The molecule has 0 bridgehead atoms. The molecule has 0 atom stereocenters. The zero-order valence-electron chi connectivity index (χ0n) is 9.36. The molecule has 1 N–H and O–H groups in total. The second-order valence-electron chi connectivity index (χ2n) is 3.77. The predicted octanol–water partition coefficient (Wildman–Crippen LogP) is 1.13. The Morgan fingerprint density at radius 2 is 2.19 bits per heavy atom. The van der Waals surface area contributed by atoms with Crippen molar-refractivity contribution >= 4 is 6.03 Å². The van der Waals surface area contributed by atoms with Crippen LogP contribution in [-0.2, 0) is 11.3 Å². The molecule has 5 heteroatoms. The highest BCUT2D eigenvalue weighted by Crippen LogP contribution is 2.06. The molecule has 16 heavy (non-hydrogen) atoms. The Morgan fingerprint density at radius 1 is 1.44 bits per heavy atom. The molecule has 0 aliphatic carbocycles. The third-order valence-corrected chi connectivity index (χ3v) is 2.51. The van der Waals surface area contributed by atoms with E-state index in [1.54, 1.807) is 4.90 Å². The van der Waals surface area contributed by atoms with Crippen molar-refractivity contribution in [3.05, 3.63) is 23.7 Å². The summed E-state index contributed by atoms with van der Waals surface area (Å²) in [4.78, 5) is 13.4. The van der Waals surface area contributed by atoms with Crippen LogP contribution in [0.25, 0.3) is 0 Å². The van der Waals surface area contributed by atoms with Gasteiger partial charge in [-0.3, -0.25) is 0 Å². The Bertz CT molecular complexity index is 356. The first kappa shape index (κ1) is 11.0. The van der Waals surface area contributed by atoms with Crippen LogP contribution in [0.3, 0.4) is 0 Å². The smallest absolute Gasteiger partial charge is 0.317 e. The van der Waals surface area contributed by atoms with Gasteiger partial charge in [0, 0.05) is 13.1 Å². The predicted molar refractivity (Wildman–Crippen MR) is 58.1 cm³/mol. The molecule has 1 fully saturated rings. The molecule has 5 nitrogen and oxygen atoms in total. The van der Waals surface area contributed by atoms with Gasteiger partial charge in [-0.25, -0.2) is 4.79 Å². The van der Waals surface area contributed by atoms with Crippen molar-refractivity contribution in [1.82, 2.24) is 10.2 Å². The molecule has 1 aliphatic rings. The van der Waals surface area contributed by atoms with E-state index in [2.05, 4.69) is 5.32 Å². The molecule has 1 saturated heterocycles. The van der Waals surface area contributed by atoms with Gasteiger partial charge in [-0.2, -0.15) is 0 Å². The fourth-order valence-corrected chi connectivity index (χ4v) is 1.62. The fourth-order valence-electron chi connectivity index (χ4n) is 1.62.